The standard InChI is InChI=1S/C18H26N2O4S/c1-24-13-18(21)20-11-5-6-14-12-15(9-10-17(14)20)19-25(22,23)16-7-3-2-4-8-16/h9-10,12,16,19H,2-8,11,13H2,1H3. The number of aryl methyl sites for hydroxylation is 1. The largest absolute Gasteiger partial charge is 0.375 e. The van der Waals surface area contributed by atoms with Crippen LogP contribution in [0, 0.1) is 0 Å². The topological polar surface area (TPSA) is 75.7 Å². The molecule has 1 N–H and O–H groups in total. The molecule has 138 valence electrons. The number of hydrogen-bond acceptors (Lipinski definition) is 4. The van der Waals surface area contributed by atoms with Gasteiger partial charge in [0.25, 0.3) is 5.91 Å². The van der Waals surface area contributed by atoms with Gasteiger partial charge in [0.05, 0.1) is 5.25 Å². The van der Waals surface area contributed by atoms with Crippen LogP contribution in [0.4, 0.5) is 11.4 Å². The van der Waals surface area contributed by atoms with Crippen LogP contribution in [0.15, 0.2) is 18.2 Å². The molecule has 25 heavy (non-hydrogen) atoms. The number of ether oxygens (including phenoxy) is 1. The van der Waals surface area contributed by atoms with Gasteiger partial charge in [0, 0.05) is 25.0 Å². The monoisotopic (exact) mass is 366 g/mol. The van der Waals surface area contributed by atoms with Crippen molar-refractivity contribution < 1.29 is 17.9 Å². The summed E-state index contributed by atoms with van der Waals surface area (Å²) in [5, 5.41) is -0.294. The Balaban J connectivity index is 1.78. The van der Waals surface area contributed by atoms with Crippen LogP contribution >= 0.6 is 0 Å². The van der Waals surface area contributed by atoms with Crippen molar-refractivity contribution in [3.63, 3.8) is 0 Å². The van der Waals surface area contributed by atoms with Gasteiger partial charge in [-0.15, -0.1) is 0 Å². The van der Waals surface area contributed by atoms with Crippen molar-refractivity contribution in [3.05, 3.63) is 23.8 Å². The Kier molecular flexibility index (Phi) is 5.64. The Labute approximate surface area is 149 Å². The van der Waals surface area contributed by atoms with Crippen molar-refractivity contribution in [2.45, 2.75) is 50.2 Å². The molecule has 0 atom stereocenters. The van der Waals surface area contributed by atoms with Crippen molar-refractivity contribution in [2.24, 2.45) is 0 Å². The van der Waals surface area contributed by atoms with E-state index in [1.807, 2.05) is 12.1 Å². The van der Waals surface area contributed by atoms with Gasteiger partial charge in [0.2, 0.25) is 10.0 Å². The minimum atomic E-state index is -3.35. The molecule has 6 nitrogen and oxygen atoms in total. The summed E-state index contributed by atoms with van der Waals surface area (Å²) in [5.41, 5.74) is 2.44. The smallest absolute Gasteiger partial charge is 0.252 e. The van der Waals surface area contributed by atoms with Gasteiger partial charge in [-0.25, -0.2) is 8.42 Å². The Bertz CT molecular complexity index is 727. The SMILES string of the molecule is COCC(=O)N1CCCc2cc(NS(=O)(=O)C3CCCCC3)ccc21. The molecule has 1 aliphatic carbocycles. The number of hydrogen-bond donors (Lipinski definition) is 1. The van der Waals surface area contributed by atoms with Crippen molar-refractivity contribution in [1.29, 1.82) is 0 Å². The molecule has 0 bridgehead atoms. The first-order chi connectivity index (χ1) is 12.0. The maximum Gasteiger partial charge on any atom is 0.252 e. The zero-order valence-electron chi connectivity index (χ0n) is 14.7. The molecule has 1 aromatic carbocycles. The lowest BCUT2D eigenvalue weighted by atomic mass is 10.0. The molecule has 2 aliphatic rings. The fourth-order valence-electron chi connectivity index (χ4n) is 3.74. The first-order valence-electron chi connectivity index (χ1n) is 8.95. The molecule has 0 saturated heterocycles. The van der Waals surface area contributed by atoms with E-state index in [2.05, 4.69) is 4.72 Å². The molecule has 1 heterocycles. The highest BCUT2D eigenvalue weighted by Crippen LogP contribution is 2.31. The van der Waals surface area contributed by atoms with E-state index in [1.165, 1.54) is 7.11 Å². The summed E-state index contributed by atoms with van der Waals surface area (Å²) < 4.78 is 32.9. The number of sulfonamides is 1. The molecule has 1 fully saturated rings. The van der Waals surface area contributed by atoms with Crippen molar-refractivity contribution in [1.82, 2.24) is 0 Å². The summed E-state index contributed by atoms with van der Waals surface area (Å²) in [6.07, 6.45) is 6.25. The van der Waals surface area contributed by atoms with Crippen LogP contribution in [0.25, 0.3) is 0 Å². The van der Waals surface area contributed by atoms with Gasteiger partial charge in [0.15, 0.2) is 0 Å². The second-order valence-corrected chi connectivity index (χ2v) is 8.79. The number of carbonyl (C=O) groups is 1. The molecular formula is C18H26N2O4S. The number of nitrogens with zero attached hydrogens (tertiary/aromatic N) is 1. The second kappa shape index (κ2) is 7.74. The lowest BCUT2D eigenvalue weighted by molar-refractivity contribution is -0.122. The van der Waals surface area contributed by atoms with Gasteiger partial charge in [-0.2, -0.15) is 0 Å². The molecule has 1 saturated carbocycles. The first kappa shape index (κ1) is 18.2. The molecule has 0 unspecified atom stereocenters. The van der Waals surface area contributed by atoms with Crippen LogP contribution in [0.1, 0.15) is 44.1 Å². The third kappa shape index (κ3) is 4.15. The summed E-state index contributed by atoms with van der Waals surface area (Å²) in [6.45, 7) is 0.720. The van der Waals surface area contributed by atoms with Gasteiger partial charge in [-0.3, -0.25) is 9.52 Å². The molecular weight excluding hydrogens is 340 g/mol. The Morgan fingerprint density at radius 2 is 2.00 bits per heavy atom. The van der Waals surface area contributed by atoms with E-state index < -0.39 is 10.0 Å². The summed E-state index contributed by atoms with van der Waals surface area (Å²) in [7, 11) is -1.85. The summed E-state index contributed by atoms with van der Waals surface area (Å²) in [5.74, 6) is -0.0704. The van der Waals surface area contributed by atoms with E-state index in [9.17, 15) is 13.2 Å². The summed E-state index contributed by atoms with van der Waals surface area (Å²) in [4.78, 5) is 13.9. The highest BCUT2D eigenvalue weighted by molar-refractivity contribution is 7.93. The summed E-state index contributed by atoms with van der Waals surface area (Å²) >= 11 is 0. The van der Waals surface area contributed by atoms with Crippen LogP contribution in [0.5, 0.6) is 0 Å². The van der Waals surface area contributed by atoms with Gasteiger partial charge < -0.3 is 9.64 Å². The predicted octanol–water partition coefficient (Wildman–Crippen LogP) is 2.69. The van der Waals surface area contributed by atoms with Gasteiger partial charge in [-0.1, -0.05) is 19.3 Å². The maximum absolute atomic E-state index is 12.6. The quantitative estimate of drug-likeness (QED) is 0.869. The molecule has 1 amide bonds. The molecule has 0 spiro atoms. The zero-order valence-corrected chi connectivity index (χ0v) is 15.5. The second-order valence-electron chi connectivity index (χ2n) is 6.83. The highest BCUT2D eigenvalue weighted by atomic mass is 32.2. The van der Waals surface area contributed by atoms with Crippen LogP contribution < -0.4 is 9.62 Å². The average Bonchev–Trinajstić information content (AvgIpc) is 2.61. The third-order valence-electron chi connectivity index (χ3n) is 5.02. The molecule has 1 aliphatic heterocycles. The minimum absolute atomic E-state index is 0.0511. The Morgan fingerprint density at radius 3 is 2.72 bits per heavy atom. The Hall–Kier alpha value is -1.60. The first-order valence-corrected chi connectivity index (χ1v) is 10.5. The highest BCUT2D eigenvalue weighted by Gasteiger charge is 2.28. The molecule has 0 radical (unpaired) electrons. The fourth-order valence-corrected chi connectivity index (χ4v) is 5.32. The number of fused-ring (bicyclic) bond motifs is 1. The number of benzene rings is 1. The van der Waals surface area contributed by atoms with Gasteiger partial charge in [0.1, 0.15) is 6.61 Å². The van der Waals surface area contributed by atoms with Crippen molar-refractivity contribution >= 4 is 27.3 Å². The van der Waals surface area contributed by atoms with Crippen LogP contribution in [0.3, 0.4) is 0 Å². The van der Waals surface area contributed by atoms with E-state index in [-0.39, 0.29) is 17.8 Å². The number of rotatable bonds is 5. The number of methoxy groups -OCH3 is 1. The number of amides is 1. The lowest BCUT2D eigenvalue weighted by Crippen LogP contribution is -2.37. The van der Waals surface area contributed by atoms with Gasteiger partial charge in [-0.05, 0) is 49.4 Å². The number of carbonyl (C=O) groups excluding carboxylic acids is 1. The predicted molar refractivity (Wildman–Crippen MR) is 98.4 cm³/mol. The zero-order chi connectivity index (χ0) is 17.9. The van der Waals surface area contributed by atoms with Gasteiger partial charge >= 0.3 is 0 Å². The van der Waals surface area contributed by atoms with E-state index in [4.69, 9.17) is 4.74 Å². The summed E-state index contributed by atoms with van der Waals surface area (Å²) in [6, 6.07) is 5.44. The van der Waals surface area contributed by atoms with Crippen LogP contribution in [-0.4, -0.2) is 39.8 Å². The van der Waals surface area contributed by atoms with E-state index in [0.717, 1.165) is 56.2 Å². The minimum Gasteiger partial charge on any atom is -0.375 e. The van der Waals surface area contributed by atoms with Crippen LogP contribution in [-0.2, 0) is 26.0 Å². The van der Waals surface area contributed by atoms with E-state index in [1.54, 1.807) is 11.0 Å². The molecule has 3 rings (SSSR count). The molecule has 7 heteroatoms. The van der Waals surface area contributed by atoms with E-state index >= 15 is 0 Å². The lowest BCUT2D eigenvalue weighted by Gasteiger charge is -2.30. The number of anilines is 2. The van der Waals surface area contributed by atoms with Crippen molar-refractivity contribution in [3.8, 4) is 0 Å². The average molecular weight is 366 g/mol. The van der Waals surface area contributed by atoms with E-state index in [0.29, 0.717) is 12.2 Å². The molecule has 1 aromatic rings. The van der Waals surface area contributed by atoms with Crippen LogP contribution in [0.2, 0.25) is 0 Å². The number of nitrogens with one attached hydrogen (secondary N) is 1. The van der Waals surface area contributed by atoms with Crippen molar-refractivity contribution in [2.75, 3.05) is 29.9 Å². The fraction of sp³-hybridized carbons (Fsp3) is 0.611. The Morgan fingerprint density at radius 1 is 1.24 bits per heavy atom. The maximum atomic E-state index is 12.6. The normalized spacial score (nSPS) is 18.7. The molecule has 0 aromatic heterocycles. The third-order valence-corrected chi connectivity index (χ3v) is 6.89.